The summed E-state index contributed by atoms with van der Waals surface area (Å²) in [7, 11) is 0. The third-order valence-electron chi connectivity index (χ3n) is 14.4. The summed E-state index contributed by atoms with van der Waals surface area (Å²) >= 11 is 0. The largest absolute Gasteiger partial charge is 0.386 e. The van der Waals surface area contributed by atoms with Crippen molar-refractivity contribution in [3.05, 3.63) is 88.9 Å². The first-order valence-corrected chi connectivity index (χ1v) is 21.7. The van der Waals surface area contributed by atoms with Gasteiger partial charge in [0.15, 0.2) is 0 Å². The van der Waals surface area contributed by atoms with Crippen molar-refractivity contribution in [3.8, 4) is 6.07 Å². The zero-order chi connectivity index (χ0) is 43.1. The number of nitrogens with zero attached hydrogens (tertiary/aromatic N) is 8. The second kappa shape index (κ2) is 15.0. The average molecular weight is 845 g/mol. The molecule has 0 unspecified atom stereocenters. The molecule has 11 rings (SSSR count). The third-order valence-corrected chi connectivity index (χ3v) is 14.4. The van der Waals surface area contributed by atoms with Crippen LogP contribution in [-0.2, 0) is 20.7 Å². The molecule has 6 aliphatic rings. The summed E-state index contributed by atoms with van der Waals surface area (Å²) in [4.78, 5) is 44.6. The first-order valence-electron chi connectivity index (χ1n) is 21.7. The van der Waals surface area contributed by atoms with Crippen molar-refractivity contribution in [1.29, 1.82) is 5.26 Å². The van der Waals surface area contributed by atoms with E-state index < -0.39 is 35.0 Å². The Hall–Kier alpha value is -5.76. The van der Waals surface area contributed by atoms with Gasteiger partial charge in [-0.3, -0.25) is 29.3 Å². The van der Waals surface area contributed by atoms with Gasteiger partial charge in [-0.1, -0.05) is 0 Å². The minimum Gasteiger partial charge on any atom is -0.386 e. The molecule has 3 aliphatic carbocycles. The van der Waals surface area contributed by atoms with E-state index >= 15 is 8.78 Å². The number of hydrogen-bond acceptors (Lipinski definition) is 10. The van der Waals surface area contributed by atoms with E-state index in [0.717, 1.165) is 95.2 Å². The van der Waals surface area contributed by atoms with Crippen molar-refractivity contribution in [2.24, 2.45) is 5.92 Å². The minimum absolute atomic E-state index is 0.0325. The highest BCUT2D eigenvalue weighted by Gasteiger charge is 2.71. The molecule has 1 atom stereocenters. The van der Waals surface area contributed by atoms with Gasteiger partial charge in [-0.2, -0.15) is 15.5 Å². The highest BCUT2D eigenvalue weighted by Crippen LogP contribution is 2.68. The van der Waals surface area contributed by atoms with Crippen LogP contribution in [0.5, 0.6) is 0 Å². The van der Waals surface area contributed by atoms with Crippen LogP contribution in [0.25, 0.3) is 16.4 Å². The molecule has 62 heavy (non-hydrogen) atoms. The van der Waals surface area contributed by atoms with Gasteiger partial charge in [0, 0.05) is 85.3 Å². The number of benzene rings is 2. The van der Waals surface area contributed by atoms with Crippen LogP contribution in [0.1, 0.15) is 98.3 Å². The fourth-order valence-corrected chi connectivity index (χ4v) is 10.9. The van der Waals surface area contributed by atoms with Crippen molar-refractivity contribution in [2.75, 3.05) is 56.0 Å². The zero-order valence-corrected chi connectivity index (χ0v) is 35.0. The molecule has 3 saturated heterocycles. The summed E-state index contributed by atoms with van der Waals surface area (Å²) in [5.41, 5.74) is 2.34. The van der Waals surface area contributed by atoms with Crippen molar-refractivity contribution in [3.63, 3.8) is 0 Å². The number of piperazine rings is 1. The maximum absolute atomic E-state index is 15.2. The molecular formula is C46H50F2N10O4. The standard InChI is InChI=1S/C46H50F2N10O4/c1-44(2,62)34-21-37-30(18-38(34)51-43(61)39-5-3-31-17-29(22-49)23-50-58(31)39)24-57(53-37)46-25-45(26-46,27-46)56-15-13-54(14-16-56)10-7-28-8-11-55(12-9-28)32-19-35(47)41(36(48)20-32)33-4-6-40(59)52-42(33)60/h3,5,17-21,23-24,28,33,62H,4,6-16,25-27H2,1-2H3,(H,51,61)(H,52,59,60)/t33-,45?,46?/m1/s1. The minimum atomic E-state index is -1.25. The SMILES string of the molecule is CC(C)(O)c1cc2nn(C34CC(N5CCN(CCC6CCN(c7cc(F)c([C@H]8CCC(=O)NC8=O)c(F)c7)CC6)CC5)(C3)C4)cc2cc1NC(=O)c1ccc2cc(C#N)cnn12. The molecule has 0 spiro atoms. The lowest BCUT2D eigenvalue weighted by atomic mass is 9.43. The number of nitrogens with one attached hydrogen (secondary N) is 2. The Kier molecular flexibility index (Phi) is 9.73. The van der Waals surface area contributed by atoms with Gasteiger partial charge < -0.3 is 20.2 Å². The lowest BCUT2D eigenvalue weighted by molar-refractivity contribution is -0.217. The van der Waals surface area contributed by atoms with E-state index in [2.05, 4.69) is 42.5 Å². The maximum Gasteiger partial charge on any atom is 0.274 e. The fourth-order valence-electron chi connectivity index (χ4n) is 10.9. The van der Waals surface area contributed by atoms with Crippen LogP contribution >= 0.6 is 0 Å². The molecule has 3 saturated carbocycles. The molecule has 6 heterocycles. The quantitative estimate of drug-likeness (QED) is 0.155. The van der Waals surface area contributed by atoms with Crippen molar-refractivity contribution in [1.82, 2.24) is 34.5 Å². The lowest BCUT2D eigenvalue weighted by Crippen LogP contribution is -2.80. The predicted octanol–water partition coefficient (Wildman–Crippen LogP) is 5.39. The number of hydrogen-bond donors (Lipinski definition) is 3. The highest BCUT2D eigenvalue weighted by molar-refractivity contribution is 6.05. The number of rotatable bonds is 10. The molecule has 3 amide bonds. The normalized spacial score (nSPS) is 24.8. The fraction of sp³-hybridized carbons (Fsp3) is 0.478. The number of carbonyl (C=O) groups is 3. The Morgan fingerprint density at radius 2 is 1.71 bits per heavy atom. The summed E-state index contributed by atoms with van der Waals surface area (Å²) in [6.45, 7) is 9.99. The van der Waals surface area contributed by atoms with E-state index in [9.17, 15) is 24.8 Å². The summed E-state index contributed by atoms with van der Waals surface area (Å²) in [5.74, 6) is -3.37. The number of piperidine rings is 2. The first kappa shape index (κ1) is 40.3. The molecule has 6 fully saturated rings. The third kappa shape index (κ3) is 7.00. The number of amides is 3. The van der Waals surface area contributed by atoms with E-state index in [4.69, 9.17) is 5.10 Å². The lowest BCUT2D eigenvalue weighted by Gasteiger charge is -2.74. The summed E-state index contributed by atoms with van der Waals surface area (Å²) in [6.07, 6.45) is 9.80. The highest BCUT2D eigenvalue weighted by atomic mass is 19.1. The van der Waals surface area contributed by atoms with Gasteiger partial charge in [-0.25, -0.2) is 13.3 Å². The Labute approximate surface area is 357 Å². The second-order valence-electron chi connectivity index (χ2n) is 18.8. The van der Waals surface area contributed by atoms with Crippen LogP contribution in [0.2, 0.25) is 0 Å². The van der Waals surface area contributed by atoms with Gasteiger partial charge >= 0.3 is 0 Å². The predicted molar refractivity (Wildman–Crippen MR) is 226 cm³/mol. The Balaban J connectivity index is 0.712. The molecule has 2 aromatic carbocycles. The van der Waals surface area contributed by atoms with E-state index in [1.807, 2.05) is 17.0 Å². The zero-order valence-electron chi connectivity index (χ0n) is 35.0. The Morgan fingerprint density at radius 3 is 2.39 bits per heavy atom. The number of carbonyl (C=O) groups excluding carboxylic acids is 3. The number of aromatic nitrogens is 4. The van der Waals surface area contributed by atoms with Gasteiger partial charge in [-0.05, 0) is 114 Å². The summed E-state index contributed by atoms with van der Waals surface area (Å²) in [5, 5.41) is 35.8. The molecule has 14 nitrogen and oxygen atoms in total. The van der Waals surface area contributed by atoms with Crippen LogP contribution in [-0.4, -0.2) is 103 Å². The van der Waals surface area contributed by atoms with E-state index in [0.29, 0.717) is 39.6 Å². The van der Waals surface area contributed by atoms with E-state index in [-0.39, 0.29) is 35.4 Å². The second-order valence-corrected chi connectivity index (χ2v) is 18.8. The smallest absolute Gasteiger partial charge is 0.274 e. The summed E-state index contributed by atoms with van der Waals surface area (Å²) in [6, 6.07) is 13.6. The Morgan fingerprint density at radius 1 is 0.984 bits per heavy atom. The Bertz CT molecular complexity index is 2640. The maximum atomic E-state index is 15.2. The van der Waals surface area contributed by atoms with Crippen LogP contribution in [0.15, 0.2) is 54.9 Å². The number of imide groups is 1. The molecule has 0 radical (unpaired) electrons. The monoisotopic (exact) mass is 844 g/mol. The number of aliphatic hydroxyl groups is 1. The van der Waals surface area contributed by atoms with Crippen molar-refractivity contribution < 1.29 is 28.3 Å². The van der Waals surface area contributed by atoms with Crippen LogP contribution in [0.4, 0.5) is 20.2 Å². The number of fused-ring (bicyclic) bond motifs is 2. The molecule has 16 heteroatoms. The van der Waals surface area contributed by atoms with Crippen LogP contribution < -0.4 is 15.5 Å². The molecule has 3 aromatic heterocycles. The topological polar surface area (TPSA) is 164 Å². The van der Waals surface area contributed by atoms with Crippen molar-refractivity contribution >= 4 is 45.5 Å². The van der Waals surface area contributed by atoms with Gasteiger partial charge in [0.1, 0.15) is 23.4 Å². The molecule has 2 bridgehead atoms. The molecule has 322 valence electrons. The number of halogens is 2. The van der Waals surface area contributed by atoms with Gasteiger partial charge in [0.2, 0.25) is 11.8 Å². The van der Waals surface area contributed by atoms with E-state index in [1.165, 1.54) is 22.8 Å². The van der Waals surface area contributed by atoms with E-state index in [1.54, 1.807) is 32.0 Å². The van der Waals surface area contributed by atoms with Crippen molar-refractivity contribution in [2.45, 2.75) is 87.8 Å². The number of nitriles is 1. The summed E-state index contributed by atoms with van der Waals surface area (Å²) < 4.78 is 34.0. The van der Waals surface area contributed by atoms with Gasteiger partial charge in [0.25, 0.3) is 5.91 Å². The molecular weight excluding hydrogens is 795 g/mol. The molecule has 5 aromatic rings. The van der Waals surface area contributed by atoms with Gasteiger partial charge in [0.05, 0.1) is 39.9 Å². The molecule has 3 N–H and O–H groups in total. The van der Waals surface area contributed by atoms with Crippen LogP contribution in [0.3, 0.4) is 0 Å². The first-order chi connectivity index (χ1) is 29.7. The van der Waals surface area contributed by atoms with Gasteiger partial charge in [-0.15, -0.1) is 0 Å². The van der Waals surface area contributed by atoms with Crippen LogP contribution in [0, 0.1) is 28.9 Å². The molecule has 3 aliphatic heterocycles. The number of anilines is 2. The average Bonchev–Trinajstić information content (AvgIpc) is 3.83.